The van der Waals surface area contributed by atoms with Gasteiger partial charge in [-0.15, -0.1) is 0 Å². The summed E-state index contributed by atoms with van der Waals surface area (Å²) in [5.74, 6) is -0.0863. The molecule has 0 radical (unpaired) electrons. The molecule has 1 N–H and O–H groups in total. The third kappa shape index (κ3) is 2.33. The molecule has 1 aromatic carbocycles. The van der Waals surface area contributed by atoms with Crippen molar-refractivity contribution >= 4 is 21.0 Å². The Balaban J connectivity index is 1.66. The summed E-state index contributed by atoms with van der Waals surface area (Å²) in [6.07, 6.45) is 2.79. The van der Waals surface area contributed by atoms with Crippen molar-refractivity contribution in [2.45, 2.75) is 37.1 Å². The lowest BCUT2D eigenvalue weighted by Crippen LogP contribution is -2.43. The van der Waals surface area contributed by atoms with Gasteiger partial charge in [0.25, 0.3) is 0 Å². The maximum atomic E-state index is 12.9. The van der Waals surface area contributed by atoms with E-state index in [-0.39, 0.29) is 17.8 Å². The Hall–Kier alpha value is -1.44. The Morgan fingerprint density at radius 3 is 2.95 bits per heavy atom. The Kier molecular flexibility index (Phi) is 3.43. The molecule has 2 unspecified atom stereocenters. The molecule has 3 heterocycles. The number of benzene rings is 1. The molecule has 7 heteroatoms. The van der Waals surface area contributed by atoms with Gasteiger partial charge in [-0.05, 0) is 37.9 Å². The van der Waals surface area contributed by atoms with Crippen molar-refractivity contribution in [1.82, 2.24) is 14.8 Å². The zero-order chi connectivity index (χ0) is 15.2. The molecule has 6 nitrogen and oxygen atoms in total. The fraction of sp³-hybridized carbons (Fsp3) is 0.533. The molecule has 0 amide bonds. The zero-order valence-electron chi connectivity index (χ0n) is 12.2. The Bertz CT molecular complexity index is 772. The van der Waals surface area contributed by atoms with Gasteiger partial charge in [0, 0.05) is 24.0 Å². The first-order chi connectivity index (χ1) is 10.6. The van der Waals surface area contributed by atoms with Gasteiger partial charge in [-0.25, -0.2) is 8.42 Å². The SMILES string of the molecule is O=S(=O)(Cc1noc2ccccc12)N1C2CCNCC1CC2. The van der Waals surface area contributed by atoms with Crippen molar-refractivity contribution in [2.24, 2.45) is 0 Å². The summed E-state index contributed by atoms with van der Waals surface area (Å²) in [5.41, 5.74) is 1.14. The van der Waals surface area contributed by atoms with Crippen LogP contribution in [0.15, 0.2) is 28.8 Å². The van der Waals surface area contributed by atoms with Crippen molar-refractivity contribution in [3.63, 3.8) is 0 Å². The Labute approximate surface area is 129 Å². The zero-order valence-corrected chi connectivity index (χ0v) is 13.1. The van der Waals surface area contributed by atoms with E-state index in [4.69, 9.17) is 4.52 Å². The maximum absolute atomic E-state index is 12.9. The lowest BCUT2D eigenvalue weighted by atomic mass is 10.1. The lowest BCUT2D eigenvalue weighted by molar-refractivity contribution is 0.333. The van der Waals surface area contributed by atoms with E-state index in [0.717, 1.165) is 37.7 Å². The Morgan fingerprint density at radius 1 is 1.23 bits per heavy atom. The van der Waals surface area contributed by atoms with Crippen LogP contribution in [0.1, 0.15) is 25.0 Å². The average molecular weight is 321 g/mol. The minimum Gasteiger partial charge on any atom is -0.356 e. The molecule has 2 aliphatic heterocycles. The molecule has 2 bridgehead atoms. The van der Waals surface area contributed by atoms with Crippen LogP contribution >= 0.6 is 0 Å². The highest BCUT2D eigenvalue weighted by atomic mass is 32.2. The molecule has 2 atom stereocenters. The van der Waals surface area contributed by atoms with E-state index < -0.39 is 10.0 Å². The quantitative estimate of drug-likeness (QED) is 0.927. The molecular formula is C15H19N3O3S. The van der Waals surface area contributed by atoms with Gasteiger partial charge in [0.1, 0.15) is 11.4 Å². The molecule has 4 rings (SSSR count). The molecule has 2 aromatic rings. The number of hydrogen-bond donors (Lipinski definition) is 1. The number of nitrogens with one attached hydrogen (secondary N) is 1. The van der Waals surface area contributed by atoms with Crippen LogP contribution in [0.4, 0.5) is 0 Å². The van der Waals surface area contributed by atoms with E-state index in [2.05, 4.69) is 10.5 Å². The third-order valence-electron chi connectivity index (χ3n) is 4.68. The lowest BCUT2D eigenvalue weighted by Gasteiger charge is -2.26. The van der Waals surface area contributed by atoms with Gasteiger partial charge in [0.2, 0.25) is 10.0 Å². The predicted molar refractivity (Wildman–Crippen MR) is 82.8 cm³/mol. The van der Waals surface area contributed by atoms with E-state index in [1.165, 1.54) is 0 Å². The summed E-state index contributed by atoms with van der Waals surface area (Å²) in [4.78, 5) is 0. The summed E-state index contributed by atoms with van der Waals surface area (Å²) >= 11 is 0. The number of para-hydroxylation sites is 1. The highest BCUT2D eigenvalue weighted by Gasteiger charge is 2.42. The number of rotatable bonds is 3. The molecule has 118 valence electrons. The fourth-order valence-corrected chi connectivity index (χ4v) is 5.68. The van der Waals surface area contributed by atoms with Crippen molar-refractivity contribution < 1.29 is 12.9 Å². The monoisotopic (exact) mass is 321 g/mol. The first kappa shape index (κ1) is 14.2. The second-order valence-electron chi connectivity index (χ2n) is 6.09. The summed E-state index contributed by atoms with van der Waals surface area (Å²) in [7, 11) is -3.39. The fourth-order valence-electron chi connectivity index (χ4n) is 3.68. The van der Waals surface area contributed by atoms with E-state index in [1.54, 1.807) is 10.4 Å². The van der Waals surface area contributed by atoms with E-state index >= 15 is 0 Å². The van der Waals surface area contributed by atoms with E-state index in [0.29, 0.717) is 11.3 Å². The minimum absolute atomic E-state index is 0.0793. The van der Waals surface area contributed by atoms with Gasteiger partial charge < -0.3 is 9.84 Å². The van der Waals surface area contributed by atoms with Crippen molar-refractivity contribution in [2.75, 3.05) is 13.1 Å². The molecule has 2 fully saturated rings. The summed E-state index contributed by atoms with van der Waals surface area (Å²) in [6.45, 7) is 1.63. The third-order valence-corrected chi connectivity index (χ3v) is 6.56. The second kappa shape index (κ2) is 5.33. The highest BCUT2D eigenvalue weighted by molar-refractivity contribution is 7.88. The largest absolute Gasteiger partial charge is 0.356 e. The van der Waals surface area contributed by atoms with Crippen LogP contribution in [0.25, 0.3) is 11.0 Å². The number of nitrogens with zero attached hydrogens (tertiary/aromatic N) is 2. The van der Waals surface area contributed by atoms with Crippen LogP contribution in [0.2, 0.25) is 0 Å². The van der Waals surface area contributed by atoms with Gasteiger partial charge in [-0.1, -0.05) is 17.3 Å². The molecule has 0 aliphatic carbocycles. The van der Waals surface area contributed by atoms with Crippen LogP contribution in [0.3, 0.4) is 0 Å². The first-order valence-corrected chi connectivity index (χ1v) is 9.31. The smallest absolute Gasteiger partial charge is 0.220 e. The molecule has 0 spiro atoms. The van der Waals surface area contributed by atoms with Crippen LogP contribution < -0.4 is 5.32 Å². The molecule has 0 saturated carbocycles. The number of aromatic nitrogens is 1. The predicted octanol–water partition coefficient (Wildman–Crippen LogP) is 1.48. The number of sulfonamides is 1. The van der Waals surface area contributed by atoms with E-state index in [9.17, 15) is 8.42 Å². The summed E-state index contributed by atoms with van der Waals surface area (Å²) in [5, 5.41) is 8.09. The molecule has 2 saturated heterocycles. The molecule has 2 aliphatic rings. The van der Waals surface area contributed by atoms with Gasteiger partial charge in [0.05, 0.1) is 0 Å². The minimum atomic E-state index is -3.39. The van der Waals surface area contributed by atoms with E-state index in [1.807, 2.05) is 18.2 Å². The average Bonchev–Trinajstić information content (AvgIpc) is 2.99. The van der Waals surface area contributed by atoms with Crippen LogP contribution in [0.5, 0.6) is 0 Å². The Morgan fingerprint density at radius 2 is 2.05 bits per heavy atom. The normalized spacial score (nSPS) is 26.4. The standard InChI is InChI=1S/C15H19N3O3S/c19-22(20,18-11-5-6-12(18)9-16-8-7-11)10-14-13-3-1-2-4-15(13)21-17-14/h1-4,11-12,16H,5-10H2. The topological polar surface area (TPSA) is 75.4 Å². The first-order valence-electron chi connectivity index (χ1n) is 7.70. The molecule has 22 heavy (non-hydrogen) atoms. The summed E-state index contributed by atoms with van der Waals surface area (Å²) in [6, 6.07) is 7.59. The van der Waals surface area contributed by atoms with Crippen LogP contribution in [0, 0.1) is 0 Å². The summed E-state index contributed by atoms with van der Waals surface area (Å²) < 4.78 is 32.8. The van der Waals surface area contributed by atoms with Crippen molar-refractivity contribution in [3.8, 4) is 0 Å². The van der Waals surface area contributed by atoms with Gasteiger partial charge in [0.15, 0.2) is 5.58 Å². The molecular weight excluding hydrogens is 302 g/mol. The van der Waals surface area contributed by atoms with Crippen molar-refractivity contribution in [3.05, 3.63) is 30.0 Å². The second-order valence-corrected chi connectivity index (χ2v) is 7.96. The highest BCUT2D eigenvalue weighted by Crippen LogP contribution is 2.32. The van der Waals surface area contributed by atoms with Crippen LogP contribution in [-0.2, 0) is 15.8 Å². The number of fused-ring (bicyclic) bond motifs is 3. The molecule has 1 aromatic heterocycles. The maximum Gasteiger partial charge on any atom is 0.220 e. The van der Waals surface area contributed by atoms with Gasteiger partial charge >= 0.3 is 0 Å². The van der Waals surface area contributed by atoms with Gasteiger partial charge in [-0.3, -0.25) is 0 Å². The van der Waals surface area contributed by atoms with Crippen LogP contribution in [-0.4, -0.2) is 43.1 Å². The number of hydrogen-bond acceptors (Lipinski definition) is 5. The van der Waals surface area contributed by atoms with Gasteiger partial charge in [-0.2, -0.15) is 4.31 Å². The van der Waals surface area contributed by atoms with Crippen molar-refractivity contribution in [1.29, 1.82) is 0 Å².